The van der Waals surface area contributed by atoms with Gasteiger partial charge in [-0.05, 0) is 38.3 Å². The van der Waals surface area contributed by atoms with Crippen LogP contribution in [0.4, 0.5) is 5.69 Å². The van der Waals surface area contributed by atoms with Crippen LogP contribution in [0.25, 0.3) is 0 Å². The zero-order valence-electron chi connectivity index (χ0n) is 16.8. The number of carbonyl (C=O) groups is 1. The van der Waals surface area contributed by atoms with Crippen LogP contribution >= 0.6 is 11.6 Å². The van der Waals surface area contributed by atoms with Gasteiger partial charge in [0.2, 0.25) is 0 Å². The number of carbonyl (C=O) groups excluding carboxylic acids is 1. The molecule has 0 saturated heterocycles. The first kappa shape index (κ1) is 22.3. The smallest absolute Gasteiger partial charge is 0.356 e. The second-order valence-corrected chi connectivity index (χ2v) is 7.35. The van der Waals surface area contributed by atoms with Gasteiger partial charge in [-0.2, -0.15) is 0 Å². The van der Waals surface area contributed by atoms with Gasteiger partial charge >= 0.3 is 5.97 Å². The maximum atomic E-state index is 12.4. The molecule has 0 spiro atoms. The van der Waals surface area contributed by atoms with Gasteiger partial charge in [0, 0.05) is 31.2 Å². The zero-order chi connectivity index (χ0) is 20.4. The Bertz CT molecular complexity index is 684. The molecule has 0 unspecified atom stereocenters. The van der Waals surface area contributed by atoms with Gasteiger partial charge in [0.05, 0.1) is 17.3 Å². The lowest BCUT2D eigenvalue weighted by Gasteiger charge is -2.30. The van der Waals surface area contributed by atoms with Crippen LogP contribution in [0.15, 0.2) is 48.3 Å². The zero-order valence-corrected chi connectivity index (χ0v) is 17.5. The molecule has 0 radical (unpaired) electrons. The highest BCUT2D eigenvalue weighted by molar-refractivity contribution is 6.33. The number of esters is 1. The lowest BCUT2D eigenvalue weighted by Crippen LogP contribution is -2.34. The monoisotopic (exact) mass is 405 g/mol. The first-order valence-electron chi connectivity index (χ1n) is 10.1. The Morgan fingerprint density at radius 2 is 2.11 bits per heavy atom. The molecule has 3 N–H and O–H groups in total. The van der Waals surface area contributed by atoms with Gasteiger partial charge in [-0.25, -0.2) is 4.79 Å². The SMILES string of the molecule is C=CCCN(/C(CCNC1CCCC1)=C(\N)C(=O)OCC)c1ccccc1Cl. The van der Waals surface area contributed by atoms with Crippen LogP contribution in [-0.4, -0.2) is 31.7 Å². The van der Waals surface area contributed by atoms with E-state index >= 15 is 0 Å². The van der Waals surface area contributed by atoms with Crippen LogP contribution in [0.3, 0.4) is 0 Å². The van der Waals surface area contributed by atoms with Crippen LogP contribution in [0, 0.1) is 0 Å². The molecular weight excluding hydrogens is 374 g/mol. The quantitative estimate of drug-likeness (QED) is 0.325. The van der Waals surface area contributed by atoms with Crippen LogP contribution in [0.5, 0.6) is 0 Å². The van der Waals surface area contributed by atoms with E-state index in [2.05, 4.69) is 11.9 Å². The summed E-state index contributed by atoms with van der Waals surface area (Å²) in [5.74, 6) is -0.492. The molecule has 1 saturated carbocycles. The third-order valence-corrected chi connectivity index (χ3v) is 5.30. The highest BCUT2D eigenvalue weighted by Gasteiger charge is 2.22. The second-order valence-electron chi connectivity index (χ2n) is 6.95. The van der Waals surface area contributed by atoms with Crippen LogP contribution < -0.4 is 16.0 Å². The molecule has 6 heteroatoms. The Morgan fingerprint density at radius 3 is 2.75 bits per heavy atom. The van der Waals surface area contributed by atoms with Crippen molar-refractivity contribution in [3.05, 3.63) is 53.3 Å². The average molecular weight is 406 g/mol. The third-order valence-electron chi connectivity index (χ3n) is 4.98. The van der Waals surface area contributed by atoms with E-state index in [4.69, 9.17) is 22.1 Å². The summed E-state index contributed by atoms with van der Waals surface area (Å²) in [6.45, 7) is 7.25. The number of anilines is 1. The molecule has 2 rings (SSSR count). The minimum absolute atomic E-state index is 0.138. The Labute approximate surface area is 173 Å². The van der Waals surface area contributed by atoms with Gasteiger partial charge in [0.15, 0.2) is 0 Å². The van der Waals surface area contributed by atoms with Crippen molar-refractivity contribution in [3.63, 3.8) is 0 Å². The molecule has 0 atom stereocenters. The first-order valence-corrected chi connectivity index (χ1v) is 10.5. The molecule has 0 aliphatic heterocycles. The number of hydrogen-bond donors (Lipinski definition) is 2. The van der Waals surface area contributed by atoms with Gasteiger partial charge in [-0.1, -0.05) is 42.7 Å². The molecular formula is C22H32ClN3O2. The summed E-state index contributed by atoms with van der Waals surface area (Å²) in [6, 6.07) is 8.14. The summed E-state index contributed by atoms with van der Waals surface area (Å²) < 4.78 is 5.16. The Kier molecular flexibility index (Phi) is 9.38. The Morgan fingerprint density at radius 1 is 1.39 bits per heavy atom. The standard InChI is InChI=1S/C22H32ClN3O2/c1-3-5-16-26(19-13-9-8-12-18(19)23)20(21(24)22(27)28-4-2)14-15-25-17-10-6-7-11-17/h3,8-9,12-13,17,25H,1,4-7,10-11,14-16,24H2,2H3/b21-20-. The molecule has 0 amide bonds. The molecule has 154 valence electrons. The average Bonchev–Trinajstić information content (AvgIpc) is 3.21. The van der Waals surface area contributed by atoms with E-state index in [1.54, 1.807) is 6.92 Å². The van der Waals surface area contributed by atoms with Crippen molar-refractivity contribution >= 4 is 23.3 Å². The predicted octanol–water partition coefficient (Wildman–Crippen LogP) is 4.38. The van der Waals surface area contributed by atoms with E-state index in [-0.39, 0.29) is 12.3 Å². The number of nitrogens with zero attached hydrogens (tertiary/aromatic N) is 1. The number of hydrogen-bond acceptors (Lipinski definition) is 5. The summed E-state index contributed by atoms with van der Waals surface area (Å²) in [6.07, 6.45) is 8.16. The van der Waals surface area contributed by atoms with Gasteiger partial charge < -0.3 is 20.7 Å². The van der Waals surface area contributed by atoms with Gasteiger partial charge in [0.1, 0.15) is 5.70 Å². The maximum absolute atomic E-state index is 12.4. The minimum Gasteiger partial charge on any atom is -0.461 e. The van der Waals surface area contributed by atoms with Crippen molar-refractivity contribution in [2.45, 2.75) is 51.5 Å². The van der Waals surface area contributed by atoms with Crippen molar-refractivity contribution in [3.8, 4) is 0 Å². The van der Waals surface area contributed by atoms with Crippen molar-refractivity contribution in [2.75, 3.05) is 24.6 Å². The highest BCUT2D eigenvalue weighted by Crippen LogP contribution is 2.30. The summed E-state index contributed by atoms with van der Waals surface area (Å²) in [5.41, 5.74) is 7.97. The van der Waals surface area contributed by atoms with Crippen LogP contribution in [-0.2, 0) is 9.53 Å². The number of benzene rings is 1. The predicted molar refractivity (Wildman–Crippen MR) is 116 cm³/mol. The molecule has 0 heterocycles. The lowest BCUT2D eigenvalue weighted by atomic mass is 10.1. The maximum Gasteiger partial charge on any atom is 0.356 e. The molecule has 0 bridgehead atoms. The van der Waals surface area contributed by atoms with E-state index in [1.807, 2.05) is 35.2 Å². The molecule has 5 nitrogen and oxygen atoms in total. The van der Waals surface area contributed by atoms with E-state index in [0.717, 1.165) is 24.4 Å². The van der Waals surface area contributed by atoms with Crippen LogP contribution in [0.1, 0.15) is 45.4 Å². The first-order chi connectivity index (χ1) is 13.6. The molecule has 0 aromatic heterocycles. The van der Waals surface area contributed by atoms with Crippen LogP contribution in [0.2, 0.25) is 5.02 Å². The number of para-hydroxylation sites is 1. The van der Waals surface area contributed by atoms with Crippen molar-refractivity contribution in [1.29, 1.82) is 0 Å². The highest BCUT2D eigenvalue weighted by atomic mass is 35.5. The normalized spacial score (nSPS) is 15.2. The molecule has 28 heavy (non-hydrogen) atoms. The molecule has 1 aromatic carbocycles. The number of ether oxygens (including phenoxy) is 1. The second kappa shape index (κ2) is 11.8. The van der Waals surface area contributed by atoms with Gasteiger partial charge in [-0.3, -0.25) is 0 Å². The fourth-order valence-electron chi connectivity index (χ4n) is 3.56. The Balaban J connectivity index is 2.30. The molecule has 1 aliphatic carbocycles. The summed E-state index contributed by atoms with van der Waals surface area (Å²) in [7, 11) is 0. The van der Waals surface area contributed by atoms with E-state index in [1.165, 1.54) is 25.7 Å². The Hall–Kier alpha value is -1.98. The number of nitrogens with two attached hydrogens (primary N) is 1. The third kappa shape index (κ3) is 6.28. The fraction of sp³-hybridized carbons (Fsp3) is 0.500. The van der Waals surface area contributed by atoms with E-state index < -0.39 is 5.97 Å². The summed E-state index contributed by atoms with van der Waals surface area (Å²) in [5, 5.41) is 4.21. The number of rotatable bonds is 11. The minimum atomic E-state index is -0.492. The largest absolute Gasteiger partial charge is 0.461 e. The van der Waals surface area contributed by atoms with E-state index in [0.29, 0.717) is 24.0 Å². The lowest BCUT2D eigenvalue weighted by molar-refractivity contribution is -0.138. The van der Waals surface area contributed by atoms with Crippen molar-refractivity contribution in [2.24, 2.45) is 5.73 Å². The molecule has 1 aromatic rings. The fourth-order valence-corrected chi connectivity index (χ4v) is 3.80. The van der Waals surface area contributed by atoms with Gasteiger partial charge in [0.25, 0.3) is 0 Å². The van der Waals surface area contributed by atoms with E-state index in [9.17, 15) is 4.79 Å². The molecule has 1 aliphatic rings. The summed E-state index contributed by atoms with van der Waals surface area (Å²) >= 11 is 6.46. The van der Waals surface area contributed by atoms with Crippen molar-refractivity contribution in [1.82, 2.24) is 5.32 Å². The topological polar surface area (TPSA) is 67.6 Å². The van der Waals surface area contributed by atoms with Gasteiger partial charge in [-0.15, -0.1) is 6.58 Å². The molecule has 1 fully saturated rings. The number of nitrogens with one attached hydrogen (secondary N) is 1. The van der Waals surface area contributed by atoms with Crippen molar-refractivity contribution < 1.29 is 9.53 Å². The number of halogens is 1. The summed E-state index contributed by atoms with van der Waals surface area (Å²) in [4.78, 5) is 14.4.